The first-order chi connectivity index (χ1) is 12.6. The average molecular weight is 351 g/mol. The molecule has 1 aromatic carbocycles. The van der Waals surface area contributed by atoms with Crippen LogP contribution in [0.2, 0.25) is 0 Å². The highest BCUT2D eigenvalue weighted by molar-refractivity contribution is 5.94. The fourth-order valence-corrected chi connectivity index (χ4v) is 4.10. The third kappa shape index (κ3) is 2.77. The third-order valence-electron chi connectivity index (χ3n) is 5.62. The van der Waals surface area contributed by atoms with E-state index < -0.39 is 0 Å². The van der Waals surface area contributed by atoms with Crippen molar-refractivity contribution in [3.05, 3.63) is 53.5 Å². The Morgan fingerprint density at radius 1 is 1.23 bits per heavy atom. The number of H-pyrrole nitrogens is 1. The van der Waals surface area contributed by atoms with Crippen molar-refractivity contribution < 1.29 is 9.53 Å². The molecule has 136 valence electrons. The number of nitrogens with one attached hydrogen (secondary N) is 1. The highest BCUT2D eigenvalue weighted by Gasteiger charge is 2.27. The molecule has 0 spiro atoms. The Bertz CT molecular complexity index is 926. The second kappa shape index (κ2) is 6.56. The molecular formula is C21H25N3O2. The van der Waals surface area contributed by atoms with Crippen molar-refractivity contribution in [2.45, 2.75) is 25.7 Å². The lowest BCUT2D eigenvalue weighted by atomic mass is 9.89. The number of aromatic amines is 1. The number of piperidine rings is 1. The van der Waals surface area contributed by atoms with Crippen LogP contribution in [0.3, 0.4) is 0 Å². The minimum absolute atomic E-state index is 0.147. The van der Waals surface area contributed by atoms with Gasteiger partial charge in [-0.3, -0.25) is 4.79 Å². The standard InChI is InChI=1S/C21H25N3O2/c1-14-6-9-23(2)20(14)21(25)24-10-7-15(8-11-24)18-13-22-19-5-4-16(26-3)12-17(18)19/h4-6,9,12-13,15,22H,7-8,10-11H2,1-3H3. The fraction of sp³-hybridized carbons (Fsp3) is 0.381. The summed E-state index contributed by atoms with van der Waals surface area (Å²) in [5.41, 5.74) is 4.32. The van der Waals surface area contributed by atoms with Crippen LogP contribution < -0.4 is 4.74 Å². The normalized spacial score (nSPS) is 15.6. The van der Waals surface area contributed by atoms with Crippen molar-refractivity contribution in [1.82, 2.24) is 14.5 Å². The van der Waals surface area contributed by atoms with Gasteiger partial charge in [0.05, 0.1) is 7.11 Å². The van der Waals surface area contributed by atoms with Crippen LogP contribution in [0.1, 0.15) is 40.4 Å². The van der Waals surface area contributed by atoms with Gasteiger partial charge in [0.2, 0.25) is 0 Å². The van der Waals surface area contributed by atoms with Gasteiger partial charge in [0.25, 0.3) is 5.91 Å². The van der Waals surface area contributed by atoms with Gasteiger partial charge >= 0.3 is 0 Å². The molecule has 3 heterocycles. The highest BCUT2D eigenvalue weighted by atomic mass is 16.5. The summed E-state index contributed by atoms with van der Waals surface area (Å²) in [4.78, 5) is 18.2. The number of methoxy groups -OCH3 is 1. The third-order valence-corrected chi connectivity index (χ3v) is 5.62. The van der Waals surface area contributed by atoms with Crippen LogP contribution in [-0.4, -0.2) is 40.6 Å². The molecule has 26 heavy (non-hydrogen) atoms. The van der Waals surface area contributed by atoms with Gasteiger partial charge in [-0.2, -0.15) is 0 Å². The molecule has 0 radical (unpaired) electrons. The molecule has 0 aliphatic carbocycles. The second-order valence-corrected chi connectivity index (χ2v) is 7.18. The van der Waals surface area contributed by atoms with E-state index in [0.29, 0.717) is 5.92 Å². The van der Waals surface area contributed by atoms with Crippen LogP contribution in [-0.2, 0) is 7.05 Å². The van der Waals surface area contributed by atoms with Gasteiger partial charge in [-0.1, -0.05) is 0 Å². The molecule has 1 saturated heterocycles. The van der Waals surface area contributed by atoms with Gasteiger partial charge in [-0.25, -0.2) is 0 Å². The van der Waals surface area contributed by atoms with Gasteiger partial charge in [0.1, 0.15) is 11.4 Å². The van der Waals surface area contributed by atoms with Crippen LogP contribution >= 0.6 is 0 Å². The van der Waals surface area contributed by atoms with Gasteiger partial charge in [-0.05, 0) is 61.1 Å². The van der Waals surface area contributed by atoms with Gasteiger partial charge < -0.3 is 19.2 Å². The highest BCUT2D eigenvalue weighted by Crippen LogP contribution is 2.35. The van der Waals surface area contributed by atoms with Crippen molar-refractivity contribution >= 4 is 16.8 Å². The van der Waals surface area contributed by atoms with E-state index in [9.17, 15) is 4.79 Å². The lowest BCUT2D eigenvalue weighted by Crippen LogP contribution is -2.38. The minimum atomic E-state index is 0.147. The van der Waals surface area contributed by atoms with E-state index in [0.717, 1.165) is 48.5 Å². The Hall–Kier alpha value is -2.69. The molecule has 1 aliphatic rings. The van der Waals surface area contributed by atoms with E-state index in [1.54, 1.807) is 7.11 Å². The number of rotatable bonds is 3. The van der Waals surface area contributed by atoms with Crippen molar-refractivity contribution in [2.24, 2.45) is 7.05 Å². The molecule has 1 amide bonds. The number of carbonyl (C=O) groups excluding carboxylic acids is 1. The van der Waals surface area contributed by atoms with Crippen molar-refractivity contribution in [2.75, 3.05) is 20.2 Å². The summed E-state index contributed by atoms with van der Waals surface area (Å²) in [5, 5.41) is 1.23. The second-order valence-electron chi connectivity index (χ2n) is 7.18. The molecule has 0 unspecified atom stereocenters. The Labute approximate surface area is 153 Å². The number of likely N-dealkylation sites (tertiary alicyclic amines) is 1. The molecule has 1 fully saturated rings. The first-order valence-electron chi connectivity index (χ1n) is 9.14. The molecule has 0 saturated carbocycles. The lowest BCUT2D eigenvalue weighted by Gasteiger charge is -2.32. The van der Waals surface area contributed by atoms with E-state index in [2.05, 4.69) is 23.3 Å². The molecule has 5 heteroatoms. The maximum Gasteiger partial charge on any atom is 0.270 e. The van der Waals surface area contributed by atoms with Crippen LogP contribution in [0, 0.1) is 6.92 Å². The average Bonchev–Trinajstić information content (AvgIpc) is 3.23. The molecule has 0 bridgehead atoms. The maximum atomic E-state index is 12.9. The quantitative estimate of drug-likeness (QED) is 0.779. The predicted octanol–water partition coefficient (Wildman–Crippen LogP) is 3.84. The molecule has 4 rings (SSSR count). The topological polar surface area (TPSA) is 50.3 Å². The Morgan fingerprint density at radius 3 is 2.65 bits per heavy atom. The molecule has 2 aromatic heterocycles. The fourth-order valence-electron chi connectivity index (χ4n) is 4.10. The summed E-state index contributed by atoms with van der Waals surface area (Å²) in [6, 6.07) is 8.14. The number of aromatic nitrogens is 2. The number of nitrogens with zero attached hydrogens (tertiary/aromatic N) is 2. The summed E-state index contributed by atoms with van der Waals surface area (Å²) < 4.78 is 7.30. The summed E-state index contributed by atoms with van der Waals surface area (Å²) in [7, 11) is 3.63. The van der Waals surface area contributed by atoms with Gasteiger partial charge in [0.15, 0.2) is 0 Å². The van der Waals surface area contributed by atoms with Crippen molar-refractivity contribution in [3.63, 3.8) is 0 Å². The Balaban J connectivity index is 1.51. The first kappa shape index (κ1) is 16.8. The number of amides is 1. The van der Waals surface area contributed by atoms with E-state index in [4.69, 9.17) is 4.74 Å². The predicted molar refractivity (Wildman–Crippen MR) is 103 cm³/mol. The Kier molecular flexibility index (Phi) is 4.23. The first-order valence-corrected chi connectivity index (χ1v) is 9.14. The summed E-state index contributed by atoms with van der Waals surface area (Å²) >= 11 is 0. The maximum absolute atomic E-state index is 12.9. The molecular weight excluding hydrogens is 326 g/mol. The number of aryl methyl sites for hydroxylation is 2. The van der Waals surface area contributed by atoms with Crippen molar-refractivity contribution in [1.29, 1.82) is 0 Å². The molecule has 5 nitrogen and oxygen atoms in total. The number of benzene rings is 1. The van der Waals surface area contributed by atoms with Gasteiger partial charge in [0, 0.05) is 43.4 Å². The monoisotopic (exact) mass is 351 g/mol. The molecule has 0 atom stereocenters. The van der Waals surface area contributed by atoms with Crippen LogP contribution in [0.5, 0.6) is 5.75 Å². The number of hydrogen-bond acceptors (Lipinski definition) is 2. The number of ether oxygens (including phenoxy) is 1. The van der Waals surface area contributed by atoms with Crippen LogP contribution in [0.25, 0.3) is 10.9 Å². The van der Waals surface area contributed by atoms with Crippen molar-refractivity contribution in [3.8, 4) is 5.75 Å². The van der Waals surface area contributed by atoms with E-state index in [1.165, 1.54) is 10.9 Å². The number of carbonyl (C=O) groups is 1. The SMILES string of the molecule is COc1ccc2[nH]cc(C3CCN(C(=O)c4c(C)ccn4C)CC3)c2c1. The lowest BCUT2D eigenvalue weighted by molar-refractivity contribution is 0.0703. The minimum Gasteiger partial charge on any atom is -0.497 e. The summed E-state index contributed by atoms with van der Waals surface area (Å²) in [5.74, 6) is 1.49. The molecule has 1 aliphatic heterocycles. The molecule has 3 aromatic rings. The van der Waals surface area contributed by atoms with E-state index >= 15 is 0 Å². The zero-order valence-corrected chi connectivity index (χ0v) is 15.6. The summed E-state index contributed by atoms with van der Waals surface area (Å²) in [6.07, 6.45) is 6.04. The van der Waals surface area contributed by atoms with Crippen LogP contribution in [0.15, 0.2) is 36.7 Å². The van der Waals surface area contributed by atoms with E-state index in [-0.39, 0.29) is 5.91 Å². The molecule has 1 N–H and O–H groups in total. The van der Waals surface area contributed by atoms with E-state index in [1.807, 2.05) is 41.8 Å². The zero-order chi connectivity index (χ0) is 18.3. The largest absolute Gasteiger partial charge is 0.497 e. The smallest absolute Gasteiger partial charge is 0.270 e. The summed E-state index contributed by atoms with van der Waals surface area (Å²) in [6.45, 7) is 3.59. The number of fused-ring (bicyclic) bond motifs is 1. The Morgan fingerprint density at radius 2 is 2.00 bits per heavy atom. The van der Waals surface area contributed by atoms with Crippen LogP contribution in [0.4, 0.5) is 0 Å². The zero-order valence-electron chi connectivity index (χ0n) is 15.6. The number of hydrogen-bond donors (Lipinski definition) is 1. The van der Waals surface area contributed by atoms with Gasteiger partial charge in [-0.15, -0.1) is 0 Å².